The molecule has 0 aliphatic rings. The maximum Gasteiger partial charge on any atom is 0.193 e. The lowest BCUT2D eigenvalue weighted by molar-refractivity contribution is 0.462. The van der Waals surface area contributed by atoms with Crippen molar-refractivity contribution in [1.82, 2.24) is 19.8 Å². The Hall–Kier alpha value is -0.800. The molecule has 0 unspecified atom stereocenters. The molecule has 0 radical (unpaired) electrons. The largest absolute Gasteiger partial charge is 0.356 e. The number of hydrogen-bond acceptors (Lipinski definition) is 3. The van der Waals surface area contributed by atoms with E-state index in [0.717, 1.165) is 41.2 Å². The van der Waals surface area contributed by atoms with E-state index in [1.807, 2.05) is 37.1 Å². The van der Waals surface area contributed by atoms with Crippen molar-refractivity contribution in [3.8, 4) is 0 Å². The zero-order chi connectivity index (χ0) is 16.1. The van der Waals surface area contributed by atoms with Crippen LogP contribution in [-0.4, -0.2) is 41.1 Å². The minimum absolute atomic E-state index is 0. The molecule has 0 saturated heterocycles. The summed E-state index contributed by atoms with van der Waals surface area (Å²) < 4.78 is 2.03. The van der Waals surface area contributed by atoms with Crippen LogP contribution in [0.2, 0.25) is 5.02 Å². The number of aryl methyl sites for hydroxylation is 2. The Bertz CT molecular complexity index is 652. The molecule has 1 N–H and O–H groups in total. The zero-order valence-electron chi connectivity index (χ0n) is 13.8. The van der Waals surface area contributed by atoms with Crippen molar-refractivity contribution in [3.63, 3.8) is 0 Å². The average molecular weight is 468 g/mol. The van der Waals surface area contributed by atoms with Gasteiger partial charge >= 0.3 is 0 Å². The summed E-state index contributed by atoms with van der Waals surface area (Å²) in [5.41, 5.74) is 1.14. The van der Waals surface area contributed by atoms with Crippen LogP contribution in [0.1, 0.15) is 15.6 Å². The predicted octanol–water partition coefficient (Wildman–Crippen LogP) is 3.31. The minimum Gasteiger partial charge on any atom is -0.356 e. The zero-order valence-corrected chi connectivity index (χ0v) is 17.7. The first-order chi connectivity index (χ1) is 10.5. The van der Waals surface area contributed by atoms with Gasteiger partial charge in [0.05, 0.1) is 16.6 Å². The van der Waals surface area contributed by atoms with E-state index in [1.165, 1.54) is 4.88 Å². The lowest BCUT2D eigenvalue weighted by atomic mass is 10.4. The molecule has 0 amide bonds. The van der Waals surface area contributed by atoms with Crippen LogP contribution in [0.25, 0.3) is 0 Å². The Kier molecular flexibility index (Phi) is 8.35. The number of rotatable bonds is 5. The Labute approximate surface area is 163 Å². The first kappa shape index (κ1) is 20.2. The summed E-state index contributed by atoms with van der Waals surface area (Å²) in [6.07, 6.45) is 4.73. The van der Waals surface area contributed by atoms with E-state index < -0.39 is 0 Å². The number of thiazole rings is 1. The highest BCUT2D eigenvalue weighted by Crippen LogP contribution is 2.14. The molecule has 0 fully saturated rings. The van der Waals surface area contributed by atoms with Crippen LogP contribution in [0, 0.1) is 6.92 Å². The Balaban J connectivity index is 0.00000264. The van der Waals surface area contributed by atoms with Crippen molar-refractivity contribution < 1.29 is 0 Å². The van der Waals surface area contributed by atoms with Crippen molar-refractivity contribution >= 4 is 52.9 Å². The third kappa shape index (κ3) is 5.96. The smallest absolute Gasteiger partial charge is 0.193 e. The molecular formula is C15H23ClIN5S. The van der Waals surface area contributed by atoms with Crippen LogP contribution < -0.4 is 5.32 Å². The first-order valence-corrected chi connectivity index (χ1v) is 8.33. The number of guanidine groups is 1. The molecule has 2 heterocycles. The normalized spacial score (nSPS) is 11.3. The quantitative estimate of drug-likeness (QED) is 0.417. The van der Waals surface area contributed by atoms with Crippen LogP contribution >= 0.6 is 46.9 Å². The average Bonchev–Trinajstić information content (AvgIpc) is 3.01. The number of aromatic nitrogens is 2. The molecule has 0 bridgehead atoms. The Morgan fingerprint density at radius 1 is 1.52 bits per heavy atom. The molecule has 0 aliphatic heterocycles. The summed E-state index contributed by atoms with van der Waals surface area (Å²) >= 11 is 7.77. The van der Waals surface area contributed by atoms with E-state index in [0.29, 0.717) is 0 Å². The molecule has 0 saturated carbocycles. The summed E-state index contributed by atoms with van der Waals surface area (Å²) in [5, 5.41) is 5.28. The fraction of sp³-hybridized carbons (Fsp3) is 0.467. The molecule has 5 nitrogen and oxygen atoms in total. The molecule has 0 atom stereocenters. The van der Waals surface area contributed by atoms with Gasteiger partial charge < -0.3 is 14.8 Å². The van der Waals surface area contributed by atoms with Gasteiger partial charge in [0.15, 0.2) is 5.96 Å². The lowest BCUT2D eigenvalue weighted by Crippen LogP contribution is -2.39. The van der Waals surface area contributed by atoms with Crippen LogP contribution in [0.4, 0.5) is 0 Å². The van der Waals surface area contributed by atoms with Crippen LogP contribution in [0.5, 0.6) is 0 Å². The fourth-order valence-electron chi connectivity index (χ4n) is 2.22. The standard InChI is InChI=1S/C15H22ClN5S.HI/c1-11-8-19-14(22-11)5-6-18-15(17-2)21(4)10-13-7-12(16)9-20(13)3;/h7-9H,5-6,10H2,1-4H3,(H,17,18);1H. The molecule has 2 aromatic rings. The van der Waals surface area contributed by atoms with Gasteiger partial charge in [-0.2, -0.15) is 0 Å². The number of halogens is 2. The number of nitrogens with zero attached hydrogens (tertiary/aromatic N) is 4. The SMILES string of the molecule is CN=C(NCCc1ncc(C)s1)N(C)Cc1cc(Cl)cn1C.I. The van der Waals surface area contributed by atoms with Gasteiger partial charge in [0.1, 0.15) is 0 Å². The summed E-state index contributed by atoms with van der Waals surface area (Å²) in [6.45, 7) is 3.64. The molecule has 0 spiro atoms. The second-order valence-electron chi connectivity index (χ2n) is 5.21. The third-order valence-electron chi connectivity index (χ3n) is 3.34. The highest BCUT2D eigenvalue weighted by atomic mass is 127. The van der Waals surface area contributed by atoms with Gasteiger partial charge in [0, 0.05) is 57.1 Å². The summed E-state index contributed by atoms with van der Waals surface area (Å²) in [5.74, 6) is 0.866. The maximum atomic E-state index is 6.02. The second kappa shape index (κ2) is 9.48. The van der Waals surface area contributed by atoms with Gasteiger partial charge in [-0.3, -0.25) is 4.99 Å². The molecule has 2 aromatic heterocycles. The van der Waals surface area contributed by atoms with Gasteiger partial charge in [-0.15, -0.1) is 35.3 Å². The van der Waals surface area contributed by atoms with Gasteiger partial charge in [-0.1, -0.05) is 11.6 Å². The fourth-order valence-corrected chi connectivity index (χ4v) is 3.28. The number of aliphatic imine (C=N–C) groups is 1. The van der Waals surface area contributed by atoms with E-state index in [9.17, 15) is 0 Å². The van der Waals surface area contributed by atoms with Gasteiger partial charge in [-0.25, -0.2) is 4.98 Å². The molecule has 0 aliphatic carbocycles. The van der Waals surface area contributed by atoms with E-state index in [4.69, 9.17) is 11.6 Å². The Morgan fingerprint density at radius 2 is 2.26 bits per heavy atom. The predicted molar refractivity (Wildman–Crippen MR) is 109 cm³/mol. The van der Waals surface area contributed by atoms with Crippen molar-refractivity contribution in [1.29, 1.82) is 0 Å². The summed E-state index contributed by atoms with van der Waals surface area (Å²) in [4.78, 5) is 12.0. The minimum atomic E-state index is 0. The van der Waals surface area contributed by atoms with Crippen molar-refractivity contribution in [3.05, 3.63) is 39.1 Å². The van der Waals surface area contributed by atoms with E-state index >= 15 is 0 Å². The van der Waals surface area contributed by atoms with Crippen LogP contribution in [-0.2, 0) is 20.0 Å². The van der Waals surface area contributed by atoms with Crippen LogP contribution in [0.15, 0.2) is 23.5 Å². The van der Waals surface area contributed by atoms with Crippen LogP contribution in [0.3, 0.4) is 0 Å². The van der Waals surface area contributed by atoms with Gasteiger partial charge in [0.25, 0.3) is 0 Å². The van der Waals surface area contributed by atoms with Crippen molar-refractivity contribution in [2.75, 3.05) is 20.6 Å². The number of nitrogens with one attached hydrogen (secondary N) is 1. The molecule has 0 aromatic carbocycles. The van der Waals surface area contributed by atoms with Crippen molar-refractivity contribution in [2.24, 2.45) is 12.0 Å². The third-order valence-corrected chi connectivity index (χ3v) is 4.52. The van der Waals surface area contributed by atoms with E-state index in [-0.39, 0.29) is 24.0 Å². The molecule has 8 heteroatoms. The van der Waals surface area contributed by atoms with E-state index in [1.54, 1.807) is 18.4 Å². The number of hydrogen-bond donors (Lipinski definition) is 1. The molecule has 128 valence electrons. The molecule has 2 rings (SSSR count). The second-order valence-corrected chi connectivity index (χ2v) is 6.96. The first-order valence-electron chi connectivity index (χ1n) is 7.13. The van der Waals surface area contributed by atoms with E-state index in [2.05, 4.69) is 27.1 Å². The van der Waals surface area contributed by atoms with Gasteiger partial charge in [0.2, 0.25) is 0 Å². The maximum absolute atomic E-state index is 6.02. The lowest BCUT2D eigenvalue weighted by Gasteiger charge is -2.22. The topological polar surface area (TPSA) is 45.5 Å². The highest BCUT2D eigenvalue weighted by molar-refractivity contribution is 14.0. The molecule has 23 heavy (non-hydrogen) atoms. The molecular weight excluding hydrogens is 445 g/mol. The monoisotopic (exact) mass is 467 g/mol. The summed E-state index contributed by atoms with van der Waals surface area (Å²) in [6, 6.07) is 1.98. The summed E-state index contributed by atoms with van der Waals surface area (Å²) in [7, 11) is 5.81. The highest BCUT2D eigenvalue weighted by Gasteiger charge is 2.09. The van der Waals surface area contributed by atoms with Gasteiger partial charge in [-0.05, 0) is 13.0 Å². The van der Waals surface area contributed by atoms with Crippen molar-refractivity contribution in [2.45, 2.75) is 19.9 Å². The Morgan fingerprint density at radius 3 is 2.78 bits per heavy atom.